The fourth-order valence-electron chi connectivity index (χ4n) is 4.33. The molecule has 0 saturated heterocycles. The Morgan fingerprint density at radius 2 is 1.60 bits per heavy atom. The van der Waals surface area contributed by atoms with Gasteiger partial charge in [0.05, 0.1) is 5.56 Å². The molecule has 0 amide bonds. The van der Waals surface area contributed by atoms with E-state index in [1.165, 1.54) is 37.7 Å². The first kappa shape index (κ1) is 20.8. The molecule has 3 aromatic rings. The Hall–Kier alpha value is -2.44. The van der Waals surface area contributed by atoms with E-state index in [-0.39, 0.29) is 11.1 Å². The second-order valence-electron chi connectivity index (χ2n) is 8.04. The Kier molecular flexibility index (Phi) is 6.06. The number of hydrogen-bond donors (Lipinski definition) is 0. The summed E-state index contributed by atoms with van der Waals surface area (Å²) in [7, 11) is 0. The van der Waals surface area contributed by atoms with Gasteiger partial charge in [-0.25, -0.2) is 13.2 Å². The Balaban J connectivity index is 1.61. The average Bonchev–Trinajstić information content (AvgIpc) is 2.76. The van der Waals surface area contributed by atoms with Crippen LogP contribution >= 0.6 is 11.6 Å². The smallest absolute Gasteiger partial charge is 0.146 e. The lowest BCUT2D eigenvalue weighted by Gasteiger charge is -2.28. The summed E-state index contributed by atoms with van der Waals surface area (Å²) in [5, 5.41) is 0.773. The van der Waals surface area contributed by atoms with Crippen LogP contribution in [0.4, 0.5) is 13.2 Å². The summed E-state index contributed by atoms with van der Waals surface area (Å²) in [6, 6.07) is 11.5. The van der Waals surface area contributed by atoms with E-state index in [1.807, 2.05) is 18.2 Å². The van der Waals surface area contributed by atoms with Crippen molar-refractivity contribution in [1.29, 1.82) is 0 Å². The van der Waals surface area contributed by atoms with Gasteiger partial charge in [-0.3, -0.25) is 0 Å². The van der Waals surface area contributed by atoms with Crippen LogP contribution in [-0.2, 0) is 0 Å². The van der Waals surface area contributed by atoms with Crippen LogP contribution < -0.4 is 0 Å². The van der Waals surface area contributed by atoms with Gasteiger partial charge in [-0.15, -0.1) is 0 Å². The van der Waals surface area contributed by atoms with Crippen LogP contribution in [-0.4, -0.2) is 0 Å². The van der Waals surface area contributed by atoms with Gasteiger partial charge in [-0.1, -0.05) is 61.1 Å². The summed E-state index contributed by atoms with van der Waals surface area (Å²) in [5.41, 5.74) is 1.56. The molecule has 0 unspecified atom stereocenters. The van der Waals surface area contributed by atoms with Gasteiger partial charge in [0.25, 0.3) is 0 Å². The van der Waals surface area contributed by atoms with E-state index in [0.717, 1.165) is 23.4 Å². The maximum atomic E-state index is 15.0. The molecule has 0 aliphatic heterocycles. The number of hydrogen-bond acceptors (Lipinski definition) is 0. The lowest BCUT2D eigenvalue weighted by atomic mass is 9.77. The van der Waals surface area contributed by atoms with Crippen molar-refractivity contribution < 1.29 is 13.2 Å². The summed E-state index contributed by atoms with van der Waals surface area (Å²) >= 11 is 5.48. The third-order valence-electron chi connectivity index (χ3n) is 6.20. The Bertz CT molecular complexity index is 1130. The van der Waals surface area contributed by atoms with Gasteiger partial charge in [-0.05, 0) is 66.7 Å². The SMILES string of the molecule is CCC1CCC(c2ccc3c(F)c(C#Cc4cc(F)c(Cl)c(F)c4)ccc3c2)CC1. The fourth-order valence-corrected chi connectivity index (χ4v) is 4.44. The number of halogens is 4. The standard InChI is InChI=1S/C26H22ClF3/c1-2-16-3-6-18(7-4-16)20-11-12-22-21(15-20)10-9-19(26(22)30)8-5-17-13-23(28)25(27)24(29)14-17/h9-16,18H,2-4,6-7H2,1H3. The van der Waals surface area contributed by atoms with E-state index in [9.17, 15) is 13.2 Å². The maximum absolute atomic E-state index is 15.0. The molecule has 0 aromatic heterocycles. The van der Waals surface area contributed by atoms with E-state index >= 15 is 0 Å². The summed E-state index contributed by atoms with van der Waals surface area (Å²) in [5.74, 6) is 4.48. The van der Waals surface area contributed by atoms with Crippen LogP contribution in [0.2, 0.25) is 5.02 Å². The molecule has 4 rings (SSSR count). The maximum Gasteiger partial charge on any atom is 0.146 e. The lowest BCUT2D eigenvalue weighted by Crippen LogP contribution is -2.12. The van der Waals surface area contributed by atoms with Crippen LogP contribution in [0.3, 0.4) is 0 Å². The molecular weight excluding hydrogens is 405 g/mol. The first-order valence-corrected chi connectivity index (χ1v) is 10.7. The average molecular weight is 427 g/mol. The van der Waals surface area contributed by atoms with Crippen LogP contribution in [0.5, 0.6) is 0 Å². The number of fused-ring (bicyclic) bond motifs is 1. The summed E-state index contributed by atoms with van der Waals surface area (Å²) < 4.78 is 42.1. The Labute approximate surface area is 180 Å². The lowest BCUT2D eigenvalue weighted by molar-refractivity contribution is 0.319. The van der Waals surface area contributed by atoms with Gasteiger partial charge in [0.1, 0.15) is 22.5 Å². The summed E-state index contributed by atoms with van der Waals surface area (Å²) in [6.45, 7) is 2.25. The summed E-state index contributed by atoms with van der Waals surface area (Å²) in [6.07, 6.45) is 6.13. The molecule has 0 heterocycles. The third-order valence-corrected chi connectivity index (χ3v) is 6.56. The monoisotopic (exact) mass is 426 g/mol. The molecule has 1 aliphatic rings. The van der Waals surface area contributed by atoms with E-state index in [0.29, 0.717) is 11.3 Å². The van der Waals surface area contributed by atoms with Crippen molar-refractivity contribution in [1.82, 2.24) is 0 Å². The molecule has 0 atom stereocenters. The van der Waals surface area contributed by atoms with Crippen LogP contribution in [0.1, 0.15) is 61.6 Å². The number of rotatable bonds is 2. The highest BCUT2D eigenvalue weighted by Crippen LogP contribution is 2.38. The highest BCUT2D eigenvalue weighted by molar-refractivity contribution is 6.30. The zero-order chi connectivity index (χ0) is 21.3. The molecule has 0 radical (unpaired) electrons. The van der Waals surface area contributed by atoms with E-state index in [1.54, 1.807) is 6.07 Å². The molecule has 154 valence electrons. The molecule has 0 N–H and O–H groups in total. The zero-order valence-corrected chi connectivity index (χ0v) is 17.5. The van der Waals surface area contributed by atoms with Gasteiger partial charge in [0.15, 0.2) is 0 Å². The summed E-state index contributed by atoms with van der Waals surface area (Å²) in [4.78, 5) is 0. The molecule has 1 fully saturated rings. The highest BCUT2D eigenvalue weighted by Gasteiger charge is 2.21. The van der Waals surface area contributed by atoms with Crippen LogP contribution in [0, 0.1) is 35.2 Å². The minimum Gasteiger partial charge on any atom is -0.205 e. The van der Waals surface area contributed by atoms with Gasteiger partial charge < -0.3 is 0 Å². The molecule has 30 heavy (non-hydrogen) atoms. The fraction of sp³-hybridized carbons (Fsp3) is 0.308. The van der Waals surface area contributed by atoms with E-state index in [2.05, 4.69) is 24.8 Å². The molecule has 0 nitrogen and oxygen atoms in total. The molecular formula is C26H22ClF3. The van der Waals surface area contributed by atoms with Crippen LogP contribution in [0.25, 0.3) is 10.8 Å². The molecule has 0 bridgehead atoms. The largest absolute Gasteiger partial charge is 0.205 e. The minimum atomic E-state index is -0.888. The van der Waals surface area contributed by atoms with Gasteiger partial charge in [-0.2, -0.15) is 0 Å². The van der Waals surface area contributed by atoms with Crippen molar-refractivity contribution in [3.8, 4) is 11.8 Å². The van der Waals surface area contributed by atoms with E-state index < -0.39 is 22.5 Å². The van der Waals surface area contributed by atoms with Gasteiger partial charge in [0, 0.05) is 10.9 Å². The van der Waals surface area contributed by atoms with Crippen molar-refractivity contribution in [3.05, 3.63) is 81.6 Å². The molecule has 4 heteroatoms. The van der Waals surface area contributed by atoms with Crippen molar-refractivity contribution >= 4 is 22.4 Å². The van der Waals surface area contributed by atoms with Crippen molar-refractivity contribution in [2.45, 2.75) is 44.9 Å². The molecule has 3 aromatic carbocycles. The molecule has 0 spiro atoms. The first-order chi connectivity index (χ1) is 14.5. The van der Waals surface area contributed by atoms with Crippen LogP contribution in [0.15, 0.2) is 42.5 Å². The van der Waals surface area contributed by atoms with E-state index in [4.69, 9.17) is 11.6 Å². The van der Waals surface area contributed by atoms with Crippen molar-refractivity contribution in [2.24, 2.45) is 5.92 Å². The Morgan fingerprint density at radius 1 is 0.900 bits per heavy atom. The first-order valence-electron chi connectivity index (χ1n) is 10.3. The molecule has 1 saturated carbocycles. The predicted octanol–water partition coefficient (Wildman–Crippen LogP) is 7.99. The van der Waals surface area contributed by atoms with Gasteiger partial charge >= 0.3 is 0 Å². The second kappa shape index (κ2) is 8.74. The zero-order valence-electron chi connectivity index (χ0n) is 16.7. The second-order valence-corrected chi connectivity index (χ2v) is 8.42. The topological polar surface area (TPSA) is 0 Å². The van der Waals surface area contributed by atoms with Crippen molar-refractivity contribution in [2.75, 3.05) is 0 Å². The van der Waals surface area contributed by atoms with Crippen molar-refractivity contribution in [3.63, 3.8) is 0 Å². The predicted molar refractivity (Wildman–Crippen MR) is 116 cm³/mol. The number of benzene rings is 3. The highest BCUT2D eigenvalue weighted by atomic mass is 35.5. The minimum absolute atomic E-state index is 0.104. The normalized spacial score (nSPS) is 18.8. The Morgan fingerprint density at radius 3 is 2.27 bits per heavy atom. The molecule has 1 aliphatic carbocycles. The third kappa shape index (κ3) is 4.20. The quantitative estimate of drug-likeness (QED) is 0.287. The van der Waals surface area contributed by atoms with Gasteiger partial charge in [0.2, 0.25) is 0 Å².